The molecule has 3 atom stereocenters. The van der Waals surface area contributed by atoms with Crippen LogP contribution >= 0.6 is 0 Å². The number of nitrogens with one attached hydrogen (secondary N) is 1. The number of benzene rings is 1. The summed E-state index contributed by atoms with van der Waals surface area (Å²) in [6, 6.07) is 3.64. The molecule has 10 nitrogen and oxygen atoms in total. The lowest BCUT2D eigenvalue weighted by molar-refractivity contribution is -0.154. The summed E-state index contributed by atoms with van der Waals surface area (Å²) in [4.78, 5) is 56.0. The summed E-state index contributed by atoms with van der Waals surface area (Å²) in [6.07, 6.45) is 2.51. The second-order valence-electron chi connectivity index (χ2n) is 13.1. The molecule has 0 bridgehead atoms. The van der Waals surface area contributed by atoms with Gasteiger partial charge in [0.1, 0.15) is 29.9 Å². The van der Waals surface area contributed by atoms with Crippen LogP contribution in [0.4, 0.5) is 15.3 Å². The molecule has 3 unspecified atom stereocenters. The van der Waals surface area contributed by atoms with Crippen molar-refractivity contribution in [1.82, 2.24) is 9.80 Å². The molecule has 2 aliphatic rings. The number of para-hydroxylation sites is 1. The van der Waals surface area contributed by atoms with Gasteiger partial charge in [0.25, 0.3) is 0 Å². The van der Waals surface area contributed by atoms with Crippen molar-refractivity contribution in [3.05, 3.63) is 29.3 Å². The summed E-state index contributed by atoms with van der Waals surface area (Å²) < 4.78 is 17.0. The number of likely N-dealkylation sites (tertiary alicyclic amines) is 2. The Morgan fingerprint density at radius 2 is 1.41 bits per heavy atom. The third-order valence-electron chi connectivity index (χ3n) is 7.20. The molecule has 0 radical (unpaired) electrons. The number of esters is 1. The van der Waals surface area contributed by atoms with Crippen molar-refractivity contribution >= 4 is 29.8 Å². The predicted octanol–water partition coefficient (Wildman–Crippen LogP) is 5.73. The summed E-state index contributed by atoms with van der Waals surface area (Å²) in [5.74, 6) is -0.852. The minimum absolute atomic E-state index is 0.107. The van der Waals surface area contributed by atoms with Crippen LogP contribution in [0.15, 0.2) is 18.2 Å². The molecule has 2 aliphatic heterocycles. The van der Waals surface area contributed by atoms with E-state index in [-0.39, 0.29) is 12.5 Å². The molecule has 0 aromatic heterocycles. The Balaban J connectivity index is 1.78. The summed E-state index contributed by atoms with van der Waals surface area (Å²) in [5, 5.41) is 3.02. The van der Waals surface area contributed by atoms with Crippen molar-refractivity contribution < 1.29 is 33.4 Å². The summed E-state index contributed by atoms with van der Waals surface area (Å²) in [7, 11) is 0. The fraction of sp³-hybridized carbons (Fsp3) is 0.677. The largest absolute Gasteiger partial charge is 0.462 e. The Labute approximate surface area is 244 Å². The Bertz CT molecular complexity index is 1100. The van der Waals surface area contributed by atoms with Gasteiger partial charge in [0.2, 0.25) is 5.91 Å². The van der Waals surface area contributed by atoms with E-state index < -0.39 is 47.5 Å². The highest BCUT2D eigenvalue weighted by molar-refractivity contribution is 5.98. The highest BCUT2D eigenvalue weighted by Crippen LogP contribution is 2.29. The smallest absolute Gasteiger partial charge is 0.411 e. The van der Waals surface area contributed by atoms with Gasteiger partial charge in [-0.3, -0.25) is 14.6 Å². The van der Waals surface area contributed by atoms with Crippen LogP contribution in [-0.4, -0.2) is 76.3 Å². The van der Waals surface area contributed by atoms with Crippen molar-refractivity contribution in [1.29, 1.82) is 0 Å². The standard InChI is InChI=1S/C31H47N3O7/c1-20-13-11-14-21(2)25(20)32-26(35)23-17-12-15-22(34(23)29(38)41-31(6,7)8)19-39-27(36)24-16-9-10-18-33(24)28(37)40-30(3,4)5/h11,13-14,22-24H,9-10,12,15-19H2,1-8H3,(H,32,35). The topological polar surface area (TPSA) is 114 Å². The van der Waals surface area contributed by atoms with E-state index in [1.54, 1.807) is 41.5 Å². The number of hydrogen-bond donors (Lipinski definition) is 1. The summed E-state index contributed by atoms with van der Waals surface area (Å²) in [6.45, 7) is 14.8. The van der Waals surface area contributed by atoms with E-state index >= 15 is 0 Å². The zero-order chi connectivity index (χ0) is 30.5. The minimum atomic E-state index is -0.797. The number of amides is 3. The molecule has 3 amide bonds. The van der Waals surface area contributed by atoms with E-state index in [4.69, 9.17) is 14.2 Å². The van der Waals surface area contributed by atoms with Gasteiger partial charge in [0.15, 0.2) is 0 Å². The van der Waals surface area contributed by atoms with Crippen LogP contribution in [-0.2, 0) is 23.8 Å². The third-order valence-corrected chi connectivity index (χ3v) is 7.20. The number of nitrogens with zero attached hydrogens (tertiary/aromatic N) is 2. The van der Waals surface area contributed by atoms with Crippen molar-refractivity contribution in [3.8, 4) is 0 Å². The van der Waals surface area contributed by atoms with E-state index in [2.05, 4.69) is 5.32 Å². The lowest BCUT2D eigenvalue weighted by Crippen LogP contribution is -2.57. The molecular formula is C31H47N3O7. The molecule has 1 aromatic rings. The average molecular weight is 574 g/mol. The van der Waals surface area contributed by atoms with Gasteiger partial charge in [-0.25, -0.2) is 14.4 Å². The normalized spacial score (nSPS) is 21.6. The van der Waals surface area contributed by atoms with E-state index in [0.717, 1.165) is 29.7 Å². The molecule has 1 aromatic carbocycles. The second kappa shape index (κ2) is 13.1. The van der Waals surface area contributed by atoms with Gasteiger partial charge in [-0.15, -0.1) is 0 Å². The molecule has 41 heavy (non-hydrogen) atoms. The predicted molar refractivity (Wildman–Crippen MR) is 156 cm³/mol. The van der Waals surface area contributed by atoms with Crippen LogP contribution in [0.5, 0.6) is 0 Å². The number of piperidine rings is 2. The fourth-order valence-corrected chi connectivity index (χ4v) is 5.30. The number of aryl methyl sites for hydroxylation is 2. The summed E-state index contributed by atoms with van der Waals surface area (Å²) in [5.41, 5.74) is 1.09. The highest BCUT2D eigenvalue weighted by atomic mass is 16.6. The number of hydrogen-bond acceptors (Lipinski definition) is 7. The zero-order valence-corrected chi connectivity index (χ0v) is 25.9. The fourth-order valence-electron chi connectivity index (χ4n) is 5.30. The number of anilines is 1. The molecule has 0 aliphatic carbocycles. The molecule has 2 heterocycles. The lowest BCUT2D eigenvalue weighted by atomic mass is 9.95. The van der Waals surface area contributed by atoms with E-state index in [0.29, 0.717) is 32.2 Å². The number of carbonyl (C=O) groups is 4. The average Bonchev–Trinajstić information content (AvgIpc) is 2.87. The van der Waals surface area contributed by atoms with Gasteiger partial charge in [-0.2, -0.15) is 0 Å². The van der Waals surface area contributed by atoms with E-state index in [9.17, 15) is 19.2 Å². The first-order chi connectivity index (χ1) is 19.1. The molecule has 2 fully saturated rings. The number of rotatable bonds is 5. The van der Waals surface area contributed by atoms with Crippen LogP contribution in [0.25, 0.3) is 0 Å². The van der Waals surface area contributed by atoms with Crippen molar-refractivity contribution in [2.75, 3.05) is 18.5 Å². The first-order valence-corrected chi connectivity index (χ1v) is 14.6. The maximum absolute atomic E-state index is 13.6. The first kappa shape index (κ1) is 32.2. The maximum atomic E-state index is 13.6. The Kier molecular flexibility index (Phi) is 10.3. The molecule has 0 saturated carbocycles. The van der Waals surface area contributed by atoms with Crippen molar-refractivity contribution in [3.63, 3.8) is 0 Å². The van der Waals surface area contributed by atoms with Crippen LogP contribution in [0, 0.1) is 13.8 Å². The van der Waals surface area contributed by atoms with Crippen LogP contribution in [0.2, 0.25) is 0 Å². The first-order valence-electron chi connectivity index (χ1n) is 14.6. The molecule has 3 rings (SSSR count). The zero-order valence-electron chi connectivity index (χ0n) is 25.9. The summed E-state index contributed by atoms with van der Waals surface area (Å²) >= 11 is 0. The second-order valence-corrected chi connectivity index (χ2v) is 13.1. The molecule has 10 heteroatoms. The Morgan fingerprint density at radius 3 is 2.02 bits per heavy atom. The van der Waals surface area contributed by atoms with Gasteiger partial charge >= 0.3 is 18.2 Å². The molecule has 0 spiro atoms. The van der Waals surface area contributed by atoms with E-state index in [1.807, 2.05) is 32.0 Å². The van der Waals surface area contributed by atoms with Gasteiger partial charge < -0.3 is 19.5 Å². The Hall–Kier alpha value is -3.30. The lowest BCUT2D eigenvalue weighted by Gasteiger charge is -2.41. The van der Waals surface area contributed by atoms with Gasteiger partial charge in [-0.1, -0.05) is 18.2 Å². The van der Waals surface area contributed by atoms with Crippen LogP contribution < -0.4 is 5.32 Å². The monoisotopic (exact) mass is 573 g/mol. The number of carbonyl (C=O) groups excluding carboxylic acids is 4. The molecule has 1 N–H and O–H groups in total. The van der Waals surface area contributed by atoms with Gasteiger partial charge in [0, 0.05) is 12.2 Å². The maximum Gasteiger partial charge on any atom is 0.411 e. The minimum Gasteiger partial charge on any atom is -0.462 e. The molecule has 228 valence electrons. The molecular weight excluding hydrogens is 526 g/mol. The van der Waals surface area contributed by atoms with Gasteiger partial charge in [0.05, 0.1) is 6.04 Å². The third kappa shape index (κ3) is 8.84. The SMILES string of the molecule is Cc1cccc(C)c1NC(=O)C1CCCC(COC(=O)C2CCCCN2C(=O)OC(C)(C)C)N1C(=O)OC(C)(C)C. The quantitative estimate of drug-likeness (QED) is 0.353. The molecule has 2 saturated heterocycles. The van der Waals surface area contributed by atoms with E-state index in [1.165, 1.54) is 9.80 Å². The van der Waals surface area contributed by atoms with Crippen molar-refractivity contribution in [2.24, 2.45) is 0 Å². The van der Waals surface area contributed by atoms with Crippen LogP contribution in [0.1, 0.15) is 91.2 Å². The highest BCUT2D eigenvalue weighted by Gasteiger charge is 2.42. The number of ether oxygens (including phenoxy) is 3. The van der Waals surface area contributed by atoms with Gasteiger partial charge in [-0.05, 0) is 105 Å². The van der Waals surface area contributed by atoms with Crippen LogP contribution in [0.3, 0.4) is 0 Å². The Morgan fingerprint density at radius 1 is 0.829 bits per heavy atom. The van der Waals surface area contributed by atoms with Crippen molar-refractivity contribution in [2.45, 2.75) is 123 Å².